The van der Waals surface area contributed by atoms with Crippen LogP contribution in [0.15, 0.2) is 30.6 Å². The van der Waals surface area contributed by atoms with Crippen LogP contribution in [-0.2, 0) is 6.54 Å². The van der Waals surface area contributed by atoms with Gasteiger partial charge in [0.1, 0.15) is 5.82 Å². The quantitative estimate of drug-likeness (QED) is 0.685. The van der Waals surface area contributed by atoms with Gasteiger partial charge in [-0.25, -0.2) is 4.98 Å². The fourth-order valence-corrected chi connectivity index (χ4v) is 2.19. The van der Waals surface area contributed by atoms with E-state index in [1.54, 1.807) is 0 Å². The zero-order valence-corrected chi connectivity index (χ0v) is 13.1. The Morgan fingerprint density at radius 1 is 1.10 bits per heavy atom. The van der Waals surface area contributed by atoms with Crippen LogP contribution in [0.5, 0.6) is 11.5 Å². The highest BCUT2D eigenvalue weighted by molar-refractivity contribution is 5.61. The fourth-order valence-electron chi connectivity index (χ4n) is 2.19. The molecule has 0 aliphatic heterocycles. The third-order valence-electron chi connectivity index (χ3n) is 3.31. The molecule has 0 aliphatic rings. The first-order chi connectivity index (χ1) is 10.3. The van der Waals surface area contributed by atoms with Gasteiger partial charge in [0.05, 0.1) is 13.2 Å². The van der Waals surface area contributed by atoms with Crippen LogP contribution in [-0.4, -0.2) is 22.8 Å². The van der Waals surface area contributed by atoms with Gasteiger partial charge in [0.2, 0.25) is 0 Å². The number of ether oxygens (including phenoxy) is 2. The van der Waals surface area contributed by atoms with Crippen LogP contribution in [0.4, 0.5) is 0 Å². The van der Waals surface area contributed by atoms with E-state index in [4.69, 9.17) is 9.47 Å². The van der Waals surface area contributed by atoms with Crippen molar-refractivity contribution < 1.29 is 9.47 Å². The molecule has 4 heteroatoms. The van der Waals surface area contributed by atoms with E-state index in [-0.39, 0.29) is 0 Å². The lowest BCUT2D eigenvalue weighted by molar-refractivity contribution is 0.273. The van der Waals surface area contributed by atoms with Crippen molar-refractivity contribution in [2.24, 2.45) is 0 Å². The summed E-state index contributed by atoms with van der Waals surface area (Å²) in [5.74, 6) is 2.55. The molecule has 0 N–H and O–H groups in total. The molecule has 0 saturated heterocycles. The molecule has 1 heterocycles. The summed E-state index contributed by atoms with van der Waals surface area (Å²) in [6, 6.07) is 6.03. The predicted molar refractivity (Wildman–Crippen MR) is 84.9 cm³/mol. The topological polar surface area (TPSA) is 36.3 Å². The second kappa shape index (κ2) is 7.72. The first-order valence-electron chi connectivity index (χ1n) is 7.71. The van der Waals surface area contributed by atoms with E-state index in [2.05, 4.69) is 23.4 Å². The van der Waals surface area contributed by atoms with E-state index >= 15 is 0 Å². The number of unbranched alkanes of at least 4 members (excludes halogenated alkanes) is 1. The number of rotatable bonds is 8. The van der Waals surface area contributed by atoms with Gasteiger partial charge in [0, 0.05) is 24.5 Å². The summed E-state index contributed by atoms with van der Waals surface area (Å²) in [4.78, 5) is 4.43. The lowest BCUT2D eigenvalue weighted by atomic mass is 10.2. The summed E-state index contributed by atoms with van der Waals surface area (Å²) in [5.41, 5.74) is 1.05. The van der Waals surface area contributed by atoms with Crippen LogP contribution in [0.2, 0.25) is 0 Å². The second-order valence-corrected chi connectivity index (χ2v) is 4.83. The van der Waals surface area contributed by atoms with Gasteiger partial charge in [-0.15, -0.1) is 0 Å². The largest absolute Gasteiger partial charge is 0.490 e. The maximum atomic E-state index is 5.81. The smallest absolute Gasteiger partial charge is 0.161 e. The molecule has 0 unspecified atom stereocenters. The summed E-state index contributed by atoms with van der Waals surface area (Å²) in [7, 11) is 0. The predicted octanol–water partition coefficient (Wildman–Crippen LogP) is 4.15. The molecule has 2 rings (SSSR count). The molecule has 0 saturated carbocycles. The molecular weight excluding hydrogens is 264 g/mol. The average Bonchev–Trinajstić information content (AvgIpc) is 2.97. The van der Waals surface area contributed by atoms with E-state index < -0.39 is 0 Å². The minimum Gasteiger partial charge on any atom is -0.490 e. The van der Waals surface area contributed by atoms with Gasteiger partial charge in [-0.1, -0.05) is 13.3 Å². The number of benzene rings is 1. The molecular formula is C17H24N2O2. The molecule has 114 valence electrons. The Bertz CT molecular complexity index is 564. The van der Waals surface area contributed by atoms with Crippen molar-refractivity contribution in [3.05, 3.63) is 30.6 Å². The van der Waals surface area contributed by atoms with E-state index in [9.17, 15) is 0 Å². The summed E-state index contributed by atoms with van der Waals surface area (Å²) < 4.78 is 13.6. The van der Waals surface area contributed by atoms with Crippen molar-refractivity contribution in [2.75, 3.05) is 13.2 Å². The van der Waals surface area contributed by atoms with E-state index in [0.717, 1.165) is 48.9 Å². The highest BCUT2D eigenvalue weighted by Gasteiger charge is 2.11. The summed E-state index contributed by atoms with van der Waals surface area (Å²) in [6.07, 6.45) is 5.98. The average molecular weight is 288 g/mol. The SMILES string of the molecule is CCCCOc1ccc(-c2nccn2CC)cc1OCC. The Hall–Kier alpha value is -1.97. The molecule has 2 aromatic rings. The van der Waals surface area contributed by atoms with E-state index in [0.29, 0.717) is 6.61 Å². The normalized spacial score (nSPS) is 10.6. The Morgan fingerprint density at radius 3 is 2.67 bits per heavy atom. The van der Waals surface area contributed by atoms with Crippen molar-refractivity contribution in [2.45, 2.75) is 40.2 Å². The molecule has 0 bridgehead atoms. The van der Waals surface area contributed by atoms with Crippen LogP contribution in [0.25, 0.3) is 11.4 Å². The van der Waals surface area contributed by atoms with Gasteiger partial charge in [-0.05, 0) is 38.5 Å². The van der Waals surface area contributed by atoms with Crippen molar-refractivity contribution >= 4 is 0 Å². The van der Waals surface area contributed by atoms with Gasteiger partial charge in [0.15, 0.2) is 11.5 Å². The molecule has 0 spiro atoms. The number of hydrogen-bond donors (Lipinski definition) is 0. The number of imidazole rings is 1. The Kier molecular flexibility index (Phi) is 5.67. The maximum Gasteiger partial charge on any atom is 0.161 e. The number of nitrogens with zero attached hydrogens (tertiary/aromatic N) is 2. The Balaban J connectivity index is 2.26. The van der Waals surface area contributed by atoms with Crippen molar-refractivity contribution in [3.8, 4) is 22.9 Å². The van der Waals surface area contributed by atoms with E-state index in [1.165, 1.54) is 0 Å². The van der Waals surface area contributed by atoms with Gasteiger partial charge >= 0.3 is 0 Å². The van der Waals surface area contributed by atoms with Crippen LogP contribution >= 0.6 is 0 Å². The van der Waals surface area contributed by atoms with Crippen LogP contribution in [0.1, 0.15) is 33.6 Å². The first kappa shape index (κ1) is 15.4. The Morgan fingerprint density at radius 2 is 1.95 bits per heavy atom. The molecule has 1 aromatic heterocycles. The molecule has 0 atom stereocenters. The molecule has 0 amide bonds. The van der Waals surface area contributed by atoms with Crippen LogP contribution < -0.4 is 9.47 Å². The third-order valence-corrected chi connectivity index (χ3v) is 3.31. The van der Waals surface area contributed by atoms with E-state index in [1.807, 2.05) is 37.5 Å². The number of aromatic nitrogens is 2. The summed E-state index contributed by atoms with van der Waals surface area (Å²) >= 11 is 0. The minimum absolute atomic E-state index is 0.621. The van der Waals surface area contributed by atoms with Crippen molar-refractivity contribution in [1.29, 1.82) is 0 Å². The lowest BCUT2D eigenvalue weighted by Crippen LogP contribution is -2.02. The minimum atomic E-state index is 0.621. The highest BCUT2D eigenvalue weighted by Crippen LogP contribution is 2.32. The maximum absolute atomic E-state index is 5.81. The zero-order valence-electron chi connectivity index (χ0n) is 13.1. The summed E-state index contributed by atoms with van der Waals surface area (Å²) in [5, 5.41) is 0. The molecule has 21 heavy (non-hydrogen) atoms. The van der Waals surface area contributed by atoms with Crippen molar-refractivity contribution in [1.82, 2.24) is 9.55 Å². The van der Waals surface area contributed by atoms with Crippen LogP contribution in [0, 0.1) is 0 Å². The lowest BCUT2D eigenvalue weighted by Gasteiger charge is -2.13. The third kappa shape index (κ3) is 3.78. The van der Waals surface area contributed by atoms with Gasteiger partial charge in [-0.3, -0.25) is 0 Å². The Labute approximate surface area is 126 Å². The van der Waals surface area contributed by atoms with Gasteiger partial charge in [-0.2, -0.15) is 0 Å². The standard InChI is InChI=1S/C17H24N2O2/c1-4-7-12-21-15-9-8-14(13-16(15)20-6-3)17-18-10-11-19(17)5-2/h8-11,13H,4-7,12H2,1-3H3. The molecule has 0 radical (unpaired) electrons. The second-order valence-electron chi connectivity index (χ2n) is 4.83. The highest BCUT2D eigenvalue weighted by atomic mass is 16.5. The molecule has 4 nitrogen and oxygen atoms in total. The molecule has 0 fully saturated rings. The van der Waals surface area contributed by atoms with Crippen LogP contribution in [0.3, 0.4) is 0 Å². The first-order valence-corrected chi connectivity index (χ1v) is 7.71. The van der Waals surface area contributed by atoms with Gasteiger partial charge in [0.25, 0.3) is 0 Å². The fraction of sp³-hybridized carbons (Fsp3) is 0.471. The zero-order chi connectivity index (χ0) is 15.1. The molecule has 1 aromatic carbocycles. The number of aryl methyl sites for hydroxylation is 1. The molecule has 0 aliphatic carbocycles. The summed E-state index contributed by atoms with van der Waals surface area (Å²) in [6.45, 7) is 8.48. The number of hydrogen-bond acceptors (Lipinski definition) is 3. The van der Waals surface area contributed by atoms with Crippen molar-refractivity contribution in [3.63, 3.8) is 0 Å². The monoisotopic (exact) mass is 288 g/mol. The van der Waals surface area contributed by atoms with Gasteiger partial charge < -0.3 is 14.0 Å².